The zero-order chi connectivity index (χ0) is 21.3. The summed E-state index contributed by atoms with van der Waals surface area (Å²) >= 11 is 0. The number of carbonyl (C=O) groups excluding carboxylic acids is 2. The number of piperazine rings is 1. The molecule has 0 aliphatic carbocycles. The first-order chi connectivity index (χ1) is 14.5. The van der Waals surface area contributed by atoms with Crippen LogP contribution in [-0.2, 0) is 27.3 Å². The van der Waals surface area contributed by atoms with Gasteiger partial charge in [0.2, 0.25) is 6.10 Å². The summed E-state index contributed by atoms with van der Waals surface area (Å²) in [5.41, 5.74) is 1.66. The van der Waals surface area contributed by atoms with Crippen LogP contribution < -0.4 is 0 Å². The third-order valence-corrected chi connectivity index (χ3v) is 4.78. The molecule has 1 aliphatic rings. The first-order valence-electron chi connectivity index (χ1n) is 9.71. The quantitative estimate of drug-likeness (QED) is 0.784. The Morgan fingerprint density at radius 1 is 0.800 bits per heavy atom. The van der Waals surface area contributed by atoms with Crippen molar-refractivity contribution in [1.82, 2.24) is 9.80 Å². The molecule has 2 amide bonds. The van der Waals surface area contributed by atoms with E-state index >= 15 is 0 Å². The molecule has 158 valence electrons. The highest BCUT2D eigenvalue weighted by Gasteiger charge is 2.29. The normalized spacial score (nSPS) is 14.7. The molecule has 1 aliphatic heterocycles. The smallest absolute Gasteiger partial charge is 0.410 e. The lowest BCUT2D eigenvalue weighted by molar-refractivity contribution is -0.147. The minimum absolute atomic E-state index is 0.0910. The summed E-state index contributed by atoms with van der Waals surface area (Å²) in [5.74, 6) is -1.20. The molecule has 1 N–H and O–H groups in total. The Bertz CT molecular complexity index is 850. The molecule has 30 heavy (non-hydrogen) atoms. The fraction of sp³-hybridized carbons (Fsp3) is 0.318. The maximum absolute atomic E-state index is 12.4. The number of carboxylic acid groups (broad SMARTS) is 1. The minimum Gasteiger partial charge on any atom is -0.478 e. The lowest BCUT2D eigenvalue weighted by Gasteiger charge is -2.34. The fourth-order valence-corrected chi connectivity index (χ4v) is 3.09. The molecular formula is C22H24N2O6. The van der Waals surface area contributed by atoms with E-state index in [0.717, 1.165) is 11.1 Å². The molecule has 3 rings (SSSR count). The molecule has 8 heteroatoms. The van der Waals surface area contributed by atoms with Crippen LogP contribution >= 0.6 is 0 Å². The number of nitrogens with zero attached hydrogens (tertiary/aromatic N) is 2. The van der Waals surface area contributed by atoms with Crippen molar-refractivity contribution in [3.05, 3.63) is 71.8 Å². The Morgan fingerprint density at radius 3 is 1.83 bits per heavy atom. The highest BCUT2D eigenvalue weighted by molar-refractivity contribution is 5.78. The Labute approximate surface area is 174 Å². The molecule has 2 aromatic rings. The van der Waals surface area contributed by atoms with Crippen molar-refractivity contribution < 1.29 is 29.0 Å². The number of aliphatic carboxylic acids is 1. The second kappa shape index (κ2) is 10.3. The average molecular weight is 412 g/mol. The molecule has 1 fully saturated rings. The van der Waals surface area contributed by atoms with Crippen LogP contribution in [0.15, 0.2) is 60.7 Å². The zero-order valence-corrected chi connectivity index (χ0v) is 16.5. The van der Waals surface area contributed by atoms with Gasteiger partial charge in [0.25, 0.3) is 0 Å². The lowest BCUT2D eigenvalue weighted by atomic mass is 10.1. The zero-order valence-electron chi connectivity index (χ0n) is 16.5. The molecule has 1 saturated heterocycles. The summed E-state index contributed by atoms with van der Waals surface area (Å²) in [6, 6.07) is 18.4. The Kier molecular flexibility index (Phi) is 7.26. The van der Waals surface area contributed by atoms with Crippen molar-refractivity contribution in [3.8, 4) is 0 Å². The topological polar surface area (TPSA) is 96.4 Å². The number of hydrogen-bond donors (Lipinski definition) is 1. The summed E-state index contributed by atoms with van der Waals surface area (Å²) in [5, 5.41) is 9.38. The second-order valence-corrected chi connectivity index (χ2v) is 6.91. The monoisotopic (exact) mass is 412 g/mol. The molecule has 1 atom stereocenters. The average Bonchev–Trinajstić information content (AvgIpc) is 2.78. The summed E-state index contributed by atoms with van der Waals surface area (Å²) < 4.78 is 10.5. The van der Waals surface area contributed by atoms with Crippen LogP contribution in [0, 0.1) is 0 Å². The molecule has 0 unspecified atom stereocenters. The number of carboxylic acids is 1. The summed E-state index contributed by atoms with van der Waals surface area (Å²) in [7, 11) is 0. The predicted octanol–water partition coefficient (Wildman–Crippen LogP) is 2.77. The van der Waals surface area contributed by atoms with Gasteiger partial charge >= 0.3 is 18.2 Å². The molecule has 0 spiro atoms. The van der Waals surface area contributed by atoms with Gasteiger partial charge in [0, 0.05) is 32.6 Å². The van der Waals surface area contributed by atoms with E-state index in [-0.39, 0.29) is 26.1 Å². The molecule has 0 saturated carbocycles. The SMILES string of the molecule is O=C(O)[C@H](Cc1ccccc1)OC(=O)N1CCN(C(=O)OCc2ccccc2)CC1. The van der Waals surface area contributed by atoms with Crippen LogP contribution in [0.3, 0.4) is 0 Å². The molecule has 8 nitrogen and oxygen atoms in total. The first kappa shape index (κ1) is 21.2. The second-order valence-electron chi connectivity index (χ2n) is 6.91. The maximum atomic E-state index is 12.4. The predicted molar refractivity (Wildman–Crippen MR) is 108 cm³/mol. The van der Waals surface area contributed by atoms with Gasteiger partial charge in [0.1, 0.15) is 6.61 Å². The van der Waals surface area contributed by atoms with Crippen molar-refractivity contribution in [2.45, 2.75) is 19.1 Å². The number of ether oxygens (including phenoxy) is 2. The van der Waals surface area contributed by atoms with Crippen molar-refractivity contribution in [1.29, 1.82) is 0 Å². The minimum atomic E-state index is -1.27. The van der Waals surface area contributed by atoms with Crippen molar-refractivity contribution in [2.24, 2.45) is 0 Å². The Balaban J connectivity index is 1.45. The largest absolute Gasteiger partial charge is 0.478 e. The van der Waals surface area contributed by atoms with Gasteiger partial charge < -0.3 is 24.4 Å². The van der Waals surface area contributed by atoms with E-state index in [1.807, 2.05) is 36.4 Å². The third-order valence-electron chi connectivity index (χ3n) is 4.78. The van der Waals surface area contributed by atoms with E-state index in [1.165, 1.54) is 9.80 Å². The number of amides is 2. The van der Waals surface area contributed by atoms with Crippen molar-refractivity contribution >= 4 is 18.2 Å². The summed E-state index contributed by atoms with van der Waals surface area (Å²) in [4.78, 5) is 39.0. The molecule has 0 bridgehead atoms. The third kappa shape index (κ3) is 5.97. The Morgan fingerprint density at radius 2 is 1.30 bits per heavy atom. The lowest BCUT2D eigenvalue weighted by Crippen LogP contribution is -2.51. The van der Waals surface area contributed by atoms with E-state index in [4.69, 9.17) is 9.47 Å². The van der Waals surface area contributed by atoms with Gasteiger partial charge in [0.15, 0.2) is 0 Å². The van der Waals surface area contributed by atoms with E-state index in [9.17, 15) is 19.5 Å². The maximum Gasteiger partial charge on any atom is 0.410 e. The van der Waals surface area contributed by atoms with Crippen LogP contribution in [0.1, 0.15) is 11.1 Å². The molecule has 1 heterocycles. The first-order valence-corrected chi connectivity index (χ1v) is 9.71. The van der Waals surface area contributed by atoms with Gasteiger partial charge in [-0.15, -0.1) is 0 Å². The Hall–Kier alpha value is -3.55. The van der Waals surface area contributed by atoms with Crippen LogP contribution in [0.25, 0.3) is 0 Å². The number of hydrogen-bond acceptors (Lipinski definition) is 5. The van der Waals surface area contributed by atoms with Crippen LogP contribution in [0.2, 0.25) is 0 Å². The fourth-order valence-electron chi connectivity index (χ4n) is 3.09. The standard InChI is InChI=1S/C22H24N2O6/c25-20(26)19(15-17-7-3-1-4-8-17)30-22(28)24-13-11-23(12-14-24)21(27)29-16-18-9-5-2-6-10-18/h1-10,19H,11-16H2,(H,25,26)/t19-/m0/s1. The summed E-state index contributed by atoms with van der Waals surface area (Å²) in [6.07, 6.45) is -2.32. The highest BCUT2D eigenvalue weighted by Crippen LogP contribution is 2.11. The molecule has 0 aromatic heterocycles. The van der Waals surface area contributed by atoms with Gasteiger partial charge in [-0.2, -0.15) is 0 Å². The van der Waals surface area contributed by atoms with Gasteiger partial charge in [0.05, 0.1) is 0 Å². The number of rotatable bonds is 6. The van der Waals surface area contributed by atoms with E-state index < -0.39 is 24.3 Å². The van der Waals surface area contributed by atoms with Gasteiger partial charge in [-0.25, -0.2) is 14.4 Å². The van der Waals surface area contributed by atoms with E-state index in [0.29, 0.717) is 13.1 Å². The highest BCUT2D eigenvalue weighted by atomic mass is 16.6. The van der Waals surface area contributed by atoms with E-state index in [2.05, 4.69) is 0 Å². The number of carbonyl (C=O) groups is 3. The van der Waals surface area contributed by atoms with Crippen molar-refractivity contribution in [3.63, 3.8) is 0 Å². The molecule has 0 radical (unpaired) electrons. The van der Waals surface area contributed by atoms with Gasteiger partial charge in [-0.3, -0.25) is 0 Å². The van der Waals surface area contributed by atoms with Gasteiger partial charge in [-0.05, 0) is 11.1 Å². The van der Waals surface area contributed by atoms with Gasteiger partial charge in [-0.1, -0.05) is 60.7 Å². The summed E-state index contributed by atoms with van der Waals surface area (Å²) in [6.45, 7) is 1.26. The van der Waals surface area contributed by atoms with Crippen LogP contribution in [0.4, 0.5) is 9.59 Å². The van der Waals surface area contributed by atoms with Crippen molar-refractivity contribution in [2.75, 3.05) is 26.2 Å². The number of benzene rings is 2. The van der Waals surface area contributed by atoms with E-state index in [1.54, 1.807) is 24.3 Å². The van der Waals surface area contributed by atoms with Crippen LogP contribution in [0.5, 0.6) is 0 Å². The molecule has 2 aromatic carbocycles. The van der Waals surface area contributed by atoms with Crippen LogP contribution in [-0.4, -0.2) is 65.3 Å². The molecular weight excluding hydrogens is 388 g/mol.